The average Bonchev–Trinajstić information content (AvgIpc) is 3.21. The minimum atomic E-state index is -0.602. The summed E-state index contributed by atoms with van der Waals surface area (Å²) in [5, 5.41) is 11.0. The van der Waals surface area contributed by atoms with Crippen LogP contribution in [0.4, 0.5) is 5.69 Å². The van der Waals surface area contributed by atoms with Crippen LogP contribution >= 0.6 is 0 Å². The third kappa shape index (κ3) is 3.67. The second kappa shape index (κ2) is 6.33. The first-order chi connectivity index (χ1) is 9.61. The average molecular weight is 281 g/mol. The zero-order valence-electron chi connectivity index (χ0n) is 11.0. The maximum Gasteiger partial charge on any atom is 0.315 e. The molecule has 0 amide bonds. The van der Waals surface area contributed by atoms with Crippen molar-refractivity contribution in [2.45, 2.75) is 25.9 Å². The highest BCUT2D eigenvalue weighted by Gasteiger charge is 2.27. The lowest BCUT2D eigenvalue weighted by Gasteiger charge is -2.10. The molecule has 0 radical (unpaired) electrons. The first kappa shape index (κ1) is 14.3. The Kier molecular flexibility index (Phi) is 4.52. The number of carbonyl (C=O) groups is 1. The predicted octanol–water partition coefficient (Wildman–Crippen LogP) is 2.08. The van der Waals surface area contributed by atoms with Gasteiger partial charge in [0, 0.05) is 12.5 Å². The van der Waals surface area contributed by atoms with Crippen LogP contribution in [0.25, 0.3) is 0 Å². The van der Waals surface area contributed by atoms with Crippen LogP contribution in [0.1, 0.15) is 19.8 Å². The number of epoxide rings is 1. The molecule has 1 aromatic rings. The quantitative estimate of drug-likeness (QED) is 0.250. The van der Waals surface area contributed by atoms with Gasteiger partial charge < -0.3 is 14.2 Å². The van der Waals surface area contributed by atoms with E-state index in [-0.39, 0.29) is 36.3 Å². The van der Waals surface area contributed by atoms with Crippen molar-refractivity contribution in [1.29, 1.82) is 0 Å². The summed E-state index contributed by atoms with van der Waals surface area (Å²) in [4.78, 5) is 22.0. The van der Waals surface area contributed by atoms with E-state index in [2.05, 4.69) is 0 Å². The molecular weight excluding hydrogens is 266 g/mol. The second-order valence-corrected chi connectivity index (χ2v) is 4.35. The fourth-order valence-electron chi connectivity index (χ4n) is 1.58. The van der Waals surface area contributed by atoms with Crippen molar-refractivity contribution in [3.05, 3.63) is 28.3 Å². The largest absolute Gasteiger partial charge is 0.487 e. The van der Waals surface area contributed by atoms with E-state index >= 15 is 0 Å². The number of hydrogen-bond donors (Lipinski definition) is 0. The molecule has 0 aromatic heterocycles. The third-order valence-electron chi connectivity index (χ3n) is 2.65. The lowest BCUT2D eigenvalue weighted by molar-refractivity contribution is -0.385. The number of hydrogen-bond acceptors (Lipinski definition) is 6. The summed E-state index contributed by atoms with van der Waals surface area (Å²) < 4.78 is 15.5. The fraction of sp³-hybridized carbons (Fsp3) is 0.462. The molecule has 2 rings (SSSR count). The molecule has 1 fully saturated rings. The molecule has 1 unspecified atom stereocenters. The van der Waals surface area contributed by atoms with Gasteiger partial charge in [0.25, 0.3) is 0 Å². The van der Waals surface area contributed by atoms with Crippen molar-refractivity contribution in [3.8, 4) is 11.5 Å². The highest BCUT2D eigenvalue weighted by Crippen LogP contribution is 2.37. The Labute approximate surface area is 115 Å². The van der Waals surface area contributed by atoms with E-state index in [1.807, 2.05) is 6.92 Å². The van der Waals surface area contributed by atoms with Crippen LogP contribution in [0.2, 0.25) is 0 Å². The van der Waals surface area contributed by atoms with Crippen molar-refractivity contribution in [2.75, 3.05) is 13.2 Å². The van der Waals surface area contributed by atoms with Crippen LogP contribution in [-0.4, -0.2) is 30.2 Å². The number of benzene rings is 1. The summed E-state index contributed by atoms with van der Waals surface area (Å²) in [6.45, 7) is 2.71. The molecule has 0 N–H and O–H groups in total. The number of carbonyl (C=O) groups excluding carboxylic acids is 1. The predicted molar refractivity (Wildman–Crippen MR) is 68.9 cm³/mol. The van der Waals surface area contributed by atoms with Crippen molar-refractivity contribution < 1.29 is 23.9 Å². The Bertz CT molecular complexity index is 512. The van der Waals surface area contributed by atoms with Crippen molar-refractivity contribution >= 4 is 11.7 Å². The Morgan fingerprint density at radius 2 is 2.30 bits per heavy atom. The van der Waals surface area contributed by atoms with Gasteiger partial charge in [-0.2, -0.15) is 0 Å². The van der Waals surface area contributed by atoms with Gasteiger partial charge in [-0.1, -0.05) is 13.0 Å². The van der Waals surface area contributed by atoms with Gasteiger partial charge in [-0.05, 0) is 12.5 Å². The van der Waals surface area contributed by atoms with Gasteiger partial charge in [0.1, 0.15) is 12.7 Å². The van der Waals surface area contributed by atoms with Gasteiger partial charge in [0.05, 0.1) is 11.5 Å². The number of esters is 1. The summed E-state index contributed by atoms with van der Waals surface area (Å²) in [5.41, 5.74) is -0.288. The molecule has 1 aliphatic heterocycles. The van der Waals surface area contributed by atoms with Crippen LogP contribution in [0.15, 0.2) is 18.2 Å². The van der Waals surface area contributed by atoms with Crippen LogP contribution in [0, 0.1) is 10.1 Å². The van der Waals surface area contributed by atoms with E-state index in [0.29, 0.717) is 13.0 Å². The highest BCUT2D eigenvalue weighted by molar-refractivity contribution is 5.75. The SMILES string of the molecule is CCCC(=O)Oc1c(OCC2CO2)cccc1[N+](=O)[O-]. The maximum absolute atomic E-state index is 11.6. The molecule has 0 aliphatic carbocycles. The van der Waals surface area contributed by atoms with Crippen LogP contribution in [-0.2, 0) is 9.53 Å². The molecule has 1 saturated heterocycles. The fourth-order valence-corrected chi connectivity index (χ4v) is 1.58. The van der Waals surface area contributed by atoms with E-state index < -0.39 is 10.9 Å². The van der Waals surface area contributed by atoms with Gasteiger partial charge in [0.2, 0.25) is 5.75 Å². The molecule has 0 saturated carbocycles. The number of nitrogens with zero attached hydrogens (tertiary/aromatic N) is 1. The van der Waals surface area contributed by atoms with E-state index in [1.54, 1.807) is 0 Å². The summed E-state index contributed by atoms with van der Waals surface area (Å²) in [7, 11) is 0. The number of nitro benzene ring substituents is 1. The molecular formula is C13H15NO6. The molecule has 0 spiro atoms. The topological polar surface area (TPSA) is 91.2 Å². The summed E-state index contributed by atoms with van der Waals surface area (Å²) >= 11 is 0. The van der Waals surface area contributed by atoms with Crippen LogP contribution < -0.4 is 9.47 Å². The third-order valence-corrected chi connectivity index (χ3v) is 2.65. The Hall–Kier alpha value is -2.15. The smallest absolute Gasteiger partial charge is 0.315 e. The monoisotopic (exact) mass is 281 g/mol. The van der Waals surface area contributed by atoms with Crippen molar-refractivity contribution in [2.24, 2.45) is 0 Å². The van der Waals surface area contributed by atoms with Gasteiger partial charge in [-0.3, -0.25) is 14.9 Å². The maximum atomic E-state index is 11.6. The van der Waals surface area contributed by atoms with Crippen molar-refractivity contribution in [1.82, 2.24) is 0 Å². The zero-order valence-corrected chi connectivity index (χ0v) is 11.0. The summed E-state index contributed by atoms with van der Waals surface area (Å²) in [5.74, 6) is -0.481. The second-order valence-electron chi connectivity index (χ2n) is 4.35. The van der Waals surface area contributed by atoms with E-state index in [0.717, 1.165) is 0 Å². The Morgan fingerprint density at radius 3 is 2.90 bits per heavy atom. The lowest BCUT2D eigenvalue weighted by atomic mass is 10.2. The molecule has 0 bridgehead atoms. The number of para-hydroxylation sites is 1. The minimum Gasteiger partial charge on any atom is -0.487 e. The van der Waals surface area contributed by atoms with Crippen LogP contribution in [0.5, 0.6) is 11.5 Å². The Morgan fingerprint density at radius 1 is 1.55 bits per heavy atom. The molecule has 20 heavy (non-hydrogen) atoms. The first-order valence-electron chi connectivity index (χ1n) is 6.34. The van der Waals surface area contributed by atoms with Crippen LogP contribution in [0.3, 0.4) is 0 Å². The molecule has 7 nitrogen and oxygen atoms in total. The van der Waals surface area contributed by atoms with E-state index in [9.17, 15) is 14.9 Å². The Balaban J connectivity index is 2.21. The van der Waals surface area contributed by atoms with Gasteiger partial charge in [0.15, 0.2) is 5.75 Å². The minimum absolute atomic E-state index is 0.00783. The van der Waals surface area contributed by atoms with Crippen molar-refractivity contribution in [3.63, 3.8) is 0 Å². The molecule has 1 aromatic carbocycles. The molecule has 7 heteroatoms. The summed E-state index contributed by atoms with van der Waals surface area (Å²) in [6, 6.07) is 4.29. The number of nitro groups is 1. The molecule has 1 atom stereocenters. The molecule has 1 aliphatic rings. The zero-order chi connectivity index (χ0) is 14.5. The highest BCUT2D eigenvalue weighted by atomic mass is 16.6. The molecule has 108 valence electrons. The lowest BCUT2D eigenvalue weighted by Crippen LogP contribution is -2.11. The number of ether oxygens (including phenoxy) is 3. The van der Waals surface area contributed by atoms with Gasteiger partial charge in [-0.25, -0.2) is 0 Å². The summed E-state index contributed by atoms with van der Waals surface area (Å²) in [6.07, 6.45) is 0.802. The van der Waals surface area contributed by atoms with E-state index in [4.69, 9.17) is 14.2 Å². The molecule has 1 heterocycles. The normalized spacial score (nSPS) is 16.6. The number of rotatable bonds is 7. The van der Waals surface area contributed by atoms with Gasteiger partial charge in [-0.15, -0.1) is 0 Å². The van der Waals surface area contributed by atoms with E-state index in [1.165, 1.54) is 18.2 Å². The van der Waals surface area contributed by atoms with Gasteiger partial charge >= 0.3 is 11.7 Å². The first-order valence-corrected chi connectivity index (χ1v) is 6.34. The standard InChI is InChI=1S/C13H15NO6/c1-2-4-12(15)20-13-10(14(16)17)5-3-6-11(13)19-8-9-7-18-9/h3,5-6,9H,2,4,7-8H2,1H3.